The van der Waals surface area contributed by atoms with E-state index in [0.717, 1.165) is 0 Å². The van der Waals surface area contributed by atoms with Crippen LogP contribution in [0, 0.1) is 0 Å². The van der Waals surface area contributed by atoms with Gasteiger partial charge in [-0.15, -0.1) is 0 Å². The maximum absolute atomic E-state index is 11.1. The highest BCUT2D eigenvalue weighted by molar-refractivity contribution is 8.14. The van der Waals surface area contributed by atoms with Crippen molar-refractivity contribution in [3.63, 3.8) is 0 Å². The van der Waals surface area contributed by atoms with Crippen LogP contribution < -0.4 is 5.32 Å². The molecule has 12 heavy (non-hydrogen) atoms. The first-order valence-electron chi connectivity index (χ1n) is 3.40. The lowest BCUT2D eigenvalue weighted by Gasteiger charge is -2.18. The Bertz CT molecular complexity index is 311. The van der Waals surface area contributed by atoms with Crippen LogP contribution in [0.2, 0.25) is 0 Å². The summed E-state index contributed by atoms with van der Waals surface area (Å²) in [6, 6.07) is 0. The van der Waals surface area contributed by atoms with Gasteiger partial charge >= 0.3 is 0 Å². The molecule has 1 aliphatic heterocycles. The normalized spacial score (nSPS) is 33.8. The second kappa shape index (κ2) is 2.90. The van der Waals surface area contributed by atoms with Gasteiger partial charge < -0.3 is 10.1 Å². The van der Waals surface area contributed by atoms with Crippen LogP contribution in [-0.4, -0.2) is 20.1 Å². The predicted molar refractivity (Wildman–Crippen MR) is 46.0 cm³/mol. The molecule has 0 aromatic rings. The lowest BCUT2D eigenvalue weighted by Crippen LogP contribution is -2.33. The first kappa shape index (κ1) is 9.83. The summed E-state index contributed by atoms with van der Waals surface area (Å²) >= 11 is 0. The van der Waals surface area contributed by atoms with Gasteiger partial charge in [0.25, 0.3) is 9.05 Å². The summed E-state index contributed by atoms with van der Waals surface area (Å²) in [6.45, 7) is 3.31. The lowest BCUT2D eigenvalue weighted by molar-refractivity contribution is 0.101. The summed E-state index contributed by atoms with van der Waals surface area (Å²) in [5.41, 5.74) is 0.484. The molecule has 1 fully saturated rings. The Morgan fingerprint density at radius 2 is 2.33 bits per heavy atom. The molecule has 0 aliphatic carbocycles. The van der Waals surface area contributed by atoms with E-state index in [1.54, 1.807) is 13.0 Å². The zero-order valence-electron chi connectivity index (χ0n) is 6.80. The highest BCUT2D eigenvalue weighted by atomic mass is 35.7. The van der Waals surface area contributed by atoms with Crippen molar-refractivity contribution in [3.8, 4) is 0 Å². The Hall–Kier alpha value is -0.260. The third kappa shape index (κ3) is 1.32. The summed E-state index contributed by atoms with van der Waals surface area (Å²) in [5, 5.41) is 2.78. The molecule has 0 saturated carbocycles. The number of rotatable bonds is 1. The molecule has 0 spiro atoms. The Morgan fingerprint density at radius 3 is 2.67 bits per heavy atom. The molecule has 4 nitrogen and oxygen atoms in total. The van der Waals surface area contributed by atoms with E-state index < -0.39 is 14.0 Å². The topological polar surface area (TPSA) is 55.4 Å². The molecule has 1 N–H and O–H groups in total. The second-order valence-corrected chi connectivity index (χ2v) is 5.42. The van der Waals surface area contributed by atoms with E-state index in [2.05, 4.69) is 5.32 Å². The van der Waals surface area contributed by atoms with Gasteiger partial charge in [-0.25, -0.2) is 8.42 Å². The maximum atomic E-state index is 11.1. The van der Waals surface area contributed by atoms with E-state index in [0.29, 0.717) is 5.70 Å². The van der Waals surface area contributed by atoms with E-state index in [-0.39, 0.29) is 6.73 Å². The van der Waals surface area contributed by atoms with Crippen LogP contribution in [0.25, 0.3) is 0 Å². The van der Waals surface area contributed by atoms with E-state index >= 15 is 0 Å². The molecule has 1 atom stereocenters. The van der Waals surface area contributed by atoms with Gasteiger partial charge in [-0.2, -0.15) is 0 Å². The van der Waals surface area contributed by atoms with Crippen molar-refractivity contribution in [3.05, 3.63) is 11.8 Å². The van der Waals surface area contributed by atoms with Crippen LogP contribution in [0.15, 0.2) is 11.8 Å². The Kier molecular flexibility index (Phi) is 2.38. The summed E-state index contributed by atoms with van der Waals surface area (Å²) in [7, 11) is 1.48. The van der Waals surface area contributed by atoms with Crippen molar-refractivity contribution >= 4 is 19.7 Å². The third-order valence-corrected chi connectivity index (χ3v) is 4.01. The number of nitrogens with one attached hydrogen (secondary N) is 1. The molecule has 1 rings (SSSR count). The molecular weight excluding hydrogens is 202 g/mol. The maximum Gasteiger partial charge on any atom is 0.268 e. The fraction of sp³-hybridized carbons (Fsp3) is 0.667. The summed E-state index contributed by atoms with van der Waals surface area (Å²) in [5.74, 6) is 0. The number of allylic oxidation sites excluding steroid dienone is 1. The van der Waals surface area contributed by atoms with Crippen LogP contribution in [0.4, 0.5) is 0 Å². The minimum absolute atomic E-state index is 0.169. The molecule has 1 saturated heterocycles. The number of halogens is 1. The lowest BCUT2D eigenvalue weighted by atomic mass is 10.3. The molecule has 0 aromatic heterocycles. The molecule has 1 heterocycles. The molecule has 0 amide bonds. The minimum atomic E-state index is -3.74. The highest BCUT2D eigenvalue weighted by Gasteiger charge is 2.46. The van der Waals surface area contributed by atoms with Gasteiger partial charge in [-0.05, 0) is 13.8 Å². The summed E-state index contributed by atoms with van der Waals surface area (Å²) in [4.78, 5) is -1.41. The van der Waals surface area contributed by atoms with Crippen LogP contribution in [0.3, 0.4) is 0 Å². The van der Waals surface area contributed by atoms with Gasteiger partial charge in [0, 0.05) is 10.7 Å². The summed E-state index contributed by atoms with van der Waals surface area (Å²) in [6.07, 6.45) is 1.63. The van der Waals surface area contributed by atoms with Crippen molar-refractivity contribution in [2.24, 2.45) is 0 Å². The van der Waals surface area contributed by atoms with Gasteiger partial charge in [-0.3, -0.25) is 0 Å². The minimum Gasteiger partial charge on any atom is -0.363 e. The highest BCUT2D eigenvalue weighted by Crippen LogP contribution is 2.32. The molecule has 1 unspecified atom stereocenters. The quantitative estimate of drug-likeness (QED) is 0.651. The van der Waals surface area contributed by atoms with Gasteiger partial charge in [0.1, 0.15) is 6.73 Å². The second-order valence-electron chi connectivity index (χ2n) is 2.55. The van der Waals surface area contributed by atoms with E-state index in [1.165, 1.54) is 6.92 Å². The molecular formula is C6H10ClNO3S. The molecule has 0 bridgehead atoms. The van der Waals surface area contributed by atoms with Gasteiger partial charge in [0.05, 0.1) is 5.70 Å². The average Bonchev–Trinajstić information content (AvgIpc) is 2.30. The first-order chi connectivity index (χ1) is 5.42. The van der Waals surface area contributed by atoms with Crippen molar-refractivity contribution in [2.45, 2.75) is 18.8 Å². The Morgan fingerprint density at radius 1 is 1.75 bits per heavy atom. The van der Waals surface area contributed by atoms with Crippen LogP contribution in [0.1, 0.15) is 13.8 Å². The van der Waals surface area contributed by atoms with Crippen LogP contribution in [0.5, 0.6) is 0 Å². The number of hydrogen-bond acceptors (Lipinski definition) is 4. The van der Waals surface area contributed by atoms with Crippen molar-refractivity contribution in [1.82, 2.24) is 5.32 Å². The Labute approximate surface area is 76.0 Å². The molecule has 70 valence electrons. The van der Waals surface area contributed by atoms with E-state index in [1.807, 2.05) is 0 Å². The SMILES string of the molecule is C/C=C1/NCOC1(C)S(=O)(=O)Cl. The number of hydrogen-bond donors (Lipinski definition) is 1. The Balaban J connectivity index is 3.15. The predicted octanol–water partition coefficient (Wildman–Crippen LogP) is 0.752. The summed E-state index contributed by atoms with van der Waals surface area (Å²) < 4.78 is 27.2. The van der Waals surface area contributed by atoms with Crippen molar-refractivity contribution in [2.75, 3.05) is 6.73 Å². The molecule has 1 aliphatic rings. The van der Waals surface area contributed by atoms with Crippen LogP contribution >= 0.6 is 10.7 Å². The van der Waals surface area contributed by atoms with E-state index in [9.17, 15) is 8.42 Å². The number of ether oxygens (including phenoxy) is 1. The van der Waals surface area contributed by atoms with Crippen molar-refractivity contribution < 1.29 is 13.2 Å². The monoisotopic (exact) mass is 211 g/mol. The van der Waals surface area contributed by atoms with E-state index in [4.69, 9.17) is 15.4 Å². The fourth-order valence-electron chi connectivity index (χ4n) is 1.06. The van der Waals surface area contributed by atoms with Gasteiger partial charge in [0.15, 0.2) is 0 Å². The standard InChI is InChI=1S/C6H10ClNO3S/c1-3-5-6(2,11-4-8-5)12(7,9)10/h3,8H,4H2,1-2H3/b5-3+. The zero-order valence-corrected chi connectivity index (χ0v) is 8.37. The van der Waals surface area contributed by atoms with Gasteiger partial charge in [-0.1, -0.05) is 6.08 Å². The third-order valence-electron chi connectivity index (χ3n) is 1.85. The van der Waals surface area contributed by atoms with Crippen molar-refractivity contribution in [1.29, 1.82) is 0 Å². The van der Waals surface area contributed by atoms with Gasteiger partial charge in [0.2, 0.25) is 4.93 Å². The molecule has 0 radical (unpaired) electrons. The average molecular weight is 212 g/mol. The smallest absolute Gasteiger partial charge is 0.268 e. The molecule has 6 heteroatoms. The fourth-order valence-corrected chi connectivity index (χ4v) is 2.09. The first-order valence-corrected chi connectivity index (χ1v) is 5.71. The zero-order chi connectivity index (χ0) is 9.41. The molecule has 0 aromatic carbocycles. The largest absolute Gasteiger partial charge is 0.363 e. The van der Waals surface area contributed by atoms with Crippen LogP contribution in [-0.2, 0) is 13.8 Å².